The number of carbonyl (C=O) groups is 1. The van der Waals surface area contributed by atoms with E-state index in [0.29, 0.717) is 25.4 Å². The summed E-state index contributed by atoms with van der Waals surface area (Å²) in [6, 6.07) is 13.9. The first-order valence-electron chi connectivity index (χ1n) is 8.19. The number of carbonyl (C=O) groups excluding carboxylic acids is 1. The van der Waals surface area contributed by atoms with Crippen molar-refractivity contribution in [3.63, 3.8) is 0 Å². The average Bonchev–Trinajstić information content (AvgIpc) is 3.06. The maximum Gasteiger partial charge on any atom is 0.260 e. The minimum absolute atomic E-state index is 0.128. The van der Waals surface area contributed by atoms with Crippen LogP contribution >= 0.6 is 11.6 Å². The van der Waals surface area contributed by atoms with E-state index in [-0.39, 0.29) is 29.4 Å². The fourth-order valence-corrected chi connectivity index (χ4v) is 3.44. The number of likely N-dealkylation sites (tertiary alicyclic amines) is 1. The molecule has 1 fully saturated rings. The van der Waals surface area contributed by atoms with Gasteiger partial charge in [-0.05, 0) is 36.2 Å². The van der Waals surface area contributed by atoms with Crippen LogP contribution in [-0.2, 0) is 4.79 Å². The second kappa shape index (κ2) is 7.85. The molecule has 2 atom stereocenters. The zero-order valence-electron chi connectivity index (χ0n) is 13.7. The molecule has 1 heterocycles. The van der Waals surface area contributed by atoms with E-state index in [4.69, 9.17) is 22.1 Å². The topological polar surface area (TPSA) is 55.6 Å². The minimum Gasteiger partial charge on any atom is -0.482 e. The largest absolute Gasteiger partial charge is 0.482 e. The highest BCUT2D eigenvalue weighted by Crippen LogP contribution is 2.32. The molecule has 0 spiro atoms. The zero-order chi connectivity index (χ0) is 17.8. The average molecular weight is 363 g/mol. The normalized spacial score (nSPS) is 19.9. The molecular weight excluding hydrogens is 343 g/mol. The van der Waals surface area contributed by atoms with E-state index in [1.165, 1.54) is 17.7 Å². The van der Waals surface area contributed by atoms with E-state index in [1.807, 2.05) is 18.2 Å². The Bertz CT molecular complexity index is 741. The summed E-state index contributed by atoms with van der Waals surface area (Å²) >= 11 is 5.92. The summed E-state index contributed by atoms with van der Waals surface area (Å²) in [5, 5.41) is 0.149. The van der Waals surface area contributed by atoms with Gasteiger partial charge >= 0.3 is 0 Å². The maximum atomic E-state index is 13.1. The van der Waals surface area contributed by atoms with Crippen molar-refractivity contribution in [2.24, 2.45) is 11.7 Å². The molecule has 25 heavy (non-hydrogen) atoms. The summed E-state index contributed by atoms with van der Waals surface area (Å²) in [6.07, 6.45) is 0. The molecule has 2 aromatic rings. The predicted octanol–water partition coefficient (Wildman–Crippen LogP) is 3.06. The Morgan fingerprint density at radius 1 is 1.24 bits per heavy atom. The highest BCUT2D eigenvalue weighted by Gasteiger charge is 2.35. The molecule has 4 nitrogen and oxygen atoms in total. The number of nitrogens with zero attached hydrogens (tertiary/aromatic N) is 1. The van der Waals surface area contributed by atoms with Gasteiger partial charge in [-0.15, -0.1) is 0 Å². The first-order valence-corrected chi connectivity index (χ1v) is 8.57. The number of ether oxygens (including phenoxy) is 1. The van der Waals surface area contributed by atoms with Gasteiger partial charge in [0.1, 0.15) is 11.6 Å². The summed E-state index contributed by atoms with van der Waals surface area (Å²) in [5.41, 5.74) is 7.09. The number of halogens is 2. The van der Waals surface area contributed by atoms with Crippen LogP contribution in [0.15, 0.2) is 48.5 Å². The molecule has 2 aromatic carbocycles. The van der Waals surface area contributed by atoms with Crippen LogP contribution in [-0.4, -0.2) is 37.0 Å². The van der Waals surface area contributed by atoms with E-state index in [1.54, 1.807) is 4.90 Å². The van der Waals surface area contributed by atoms with Gasteiger partial charge in [-0.2, -0.15) is 0 Å². The summed E-state index contributed by atoms with van der Waals surface area (Å²) in [6.45, 7) is 1.61. The van der Waals surface area contributed by atoms with Crippen LogP contribution in [0.5, 0.6) is 5.75 Å². The molecule has 0 unspecified atom stereocenters. The van der Waals surface area contributed by atoms with E-state index in [2.05, 4.69) is 12.1 Å². The van der Waals surface area contributed by atoms with Crippen molar-refractivity contribution >= 4 is 17.5 Å². The van der Waals surface area contributed by atoms with Gasteiger partial charge in [0, 0.05) is 19.0 Å². The number of nitrogens with two attached hydrogens (primary N) is 1. The molecule has 2 N–H and O–H groups in total. The van der Waals surface area contributed by atoms with Crippen LogP contribution in [0.25, 0.3) is 0 Å². The molecule has 1 saturated heterocycles. The fourth-order valence-electron chi connectivity index (χ4n) is 3.21. The molecular formula is C19H20ClFN2O2. The van der Waals surface area contributed by atoms with E-state index >= 15 is 0 Å². The lowest BCUT2D eigenvalue weighted by Crippen LogP contribution is -2.33. The maximum absolute atomic E-state index is 13.1. The van der Waals surface area contributed by atoms with Gasteiger partial charge in [-0.25, -0.2) is 4.39 Å². The highest BCUT2D eigenvalue weighted by atomic mass is 35.5. The third kappa shape index (κ3) is 4.11. The molecule has 0 aliphatic carbocycles. The smallest absolute Gasteiger partial charge is 0.260 e. The monoisotopic (exact) mass is 362 g/mol. The molecule has 3 rings (SSSR count). The van der Waals surface area contributed by atoms with Crippen LogP contribution in [0.1, 0.15) is 11.5 Å². The Kier molecular flexibility index (Phi) is 5.56. The first-order chi connectivity index (χ1) is 12.1. The van der Waals surface area contributed by atoms with E-state index in [0.717, 1.165) is 6.07 Å². The summed E-state index contributed by atoms with van der Waals surface area (Å²) < 4.78 is 18.5. The molecule has 1 amide bonds. The van der Waals surface area contributed by atoms with Gasteiger partial charge in [-0.1, -0.05) is 41.9 Å². The van der Waals surface area contributed by atoms with Crippen molar-refractivity contribution in [1.29, 1.82) is 0 Å². The third-order valence-electron chi connectivity index (χ3n) is 4.57. The van der Waals surface area contributed by atoms with Crippen molar-refractivity contribution in [1.82, 2.24) is 4.90 Å². The van der Waals surface area contributed by atoms with Crippen LogP contribution in [0.3, 0.4) is 0 Å². The quantitative estimate of drug-likeness (QED) is 0.889. The highest BCUT2D eigenvalue weighted by molar-refractivity contribution is 6.32. The van der Waals surface area contributed by atoms with Crippen molar-refractivity contribution in [3.8, 4) is 5.75 Å². The number of benzene rings is 2. The minimum atomic E-state index is -0.445. The Morgan fingerprint density at radius 3 is 2.68 bits per heavy atom. The molecule has 0 bridgehead atoms. The Morgan fingerprint density at radius 2 is 2.00 bits per heavy atom. The molecule has 132 valence electrons. The van der Waals surface area contributed by atoms with Crippen molar-refractivity contribution < 1.29 is 13.9 Å². The number of hydrogen-bond acceptors (Lipinski definition) is 3. The number of amides is 1. The molecule has 1 aliphatic rings. The number of hydrogen-bond donors (Lipinski definition) is 1. The fraction of sp³-hybridized carbons (Fsp3) is 0.316. The standard InChI is InChI=1S/C19H20ClFN2O2/c20-17-8-15(21)6-7-18(17)25-12-19(24)23-10-14(9-22)16(11-23)13-4-2-1-3-5-13/h1-8,14,16H,9-12,22H2/t14-,16+/m1/s1. The van der Waals surface area contributed by atoms with Crippen molar-refractivity contribution in [2.45, 2.75) is 5.92 Å². The van der Waals surface area contributed by atoms with Gasteiger partial charge in [0.15, 0.2) is 6.61 Å². The third-order valence-corrected chi connectivity index (χ3v) is 4.86. The Labute approximate surface area is 151 Å². The van der Waals surface area contributed by atoms with Gasteiger partial charge in [0.2, 0.25) is 0 Å². The molecule has 1 aliphatic heterocycles. The SMILES string of the molecule is NC[C@@H]1CN(C(=O)COc2ccc(F)cc2Cl)C[C@H]1c1ccccc1. The van der Waals surface area contributed by atoms with Crippen molar-refractivity contribution in [2.75, 3.05) is 26.2 Å². The van der Waals surface area contributed by atoms with Crippen molar-refractivity contribution in [3.05, 3.63) is 64.9 Å². The second-order valence-electron chi connectivity index (χ2n) is 6.18. The molecule has 6 heteroatoms. The van der Waals surface area contributed by atoms with Crippen LogP contribution in [0, 0.1) is 11.7 Å². The first kappa shape index (κ1) is 17.7. The van der Waals surface area contributed by atoms with Gasteiger partial charge in [0.05, 0.1) is 5.02 Å². The predicted molar refractivity (Wildman–Crippen MR) is 95.2 cm³/mol. The Balaban J connectivity index is 1.63. The van der Waals surface area contributed by atoms with Gasteiger partial charge in [-0.3, -0.25) is 4.79 Å². The lowest BCUT2D eigenvalue weighted by atomic mass is 9.89. The van der Waals surface area contributed by atoms with E-state index < -0.39 is 5.82 Å². The zero-order valence-corrected chi connectivity index (χ0v) is 14.5. The van der Waals surface area contributed by atoms with E-state index in [9.17, 15) is 9.18 Å². The lowest BCUT2D eigenvalue weighted by molar-refractivity contribution is -0.132. The lowest BCUT2D eigenvalue weighted by Gasteiger charge is -2.17. The summed E-state index contributed by atoms with van der Waals surface area (Å²) in [4.78, 5) is 14.2. The number of rotatable bonds is 5. The van der Waals surface area contributed by atoms with Crippen LogP contribution in [0.2, 0.25) is 5.02 Å². The second-order valence-corrected chi connectivity index (χ2v) is 6.58. The van der Waals surface area contributed by atoms with Crippen LogP contribution in [0.4, 0.5) is 4.39 Å². The summed E-state index contributed by atoms with van der Waals surface area (Å²) in [7, 11) is 0. The van der Waals surface area contributed by atoms with Crippen LogP contribution < -0.4 is 10.5 Å². The Hall–Kier alpha value is -2.11. The molecule has 0 aromatic heterocycles. The van der Waals surface area contributed by atoms with Gasteiger partial charge in [0.25, 0.3) is 5.91 Å². The molecule has 0 saturated carbocycles. The van der Waals surface area contributed by atoms with Gasteiger partial charge < -0.3 is 15.4 Å². The molecule has 0 radical (unpaired) electrons. The summed E-state index contributed by atoms with van der Waals surface area (Å²) in [5.74, 6) is 0.174.